The average molecular weight is 289 g/mol. The molecule has 1 aromatic carbocycles. The van der Waals surface area contributed by atoms with E-state index in [1.807, 2.05) is 0 Å². The Bertz CT molecular complexity index is 592. The highest BCUT2D eigenvalue weighted by atomic mass is 35.5. The van der Waals surface area contributed by atoms with Crippen molar-refractivity contribution in [3.8, 4) is 0 Å². The van der Waals surface area contributed by atoms with E-state index in [0.29, 0.717) is 9.90 Å². The monoisotopic (exact) mass is 288 g/mol. The van der Waals surface area contributed by atoms with E-state index >= 15 is 0 Å². The largest absolute Gasteiger partial charge is 0.288 e. The highest BCUT2D eigenvalue weighted by Crippen LogP contribution is 2.33. The molecule has 0 aliphatic heterocycles. The summed E-state index contributed by atoms with van der Waals surface area (Å²) in [4.78, 5) is 12.1. The first kappa shape index (κ1) is 12.6. The maximum atomic E-state index is 13.8. The molecule has 88 valence electrons. The smallest absolute Gasteiger partial charge is 0.198 e. The van der Waals surface area contributed by atoms with Gasteiger partial charge < -0.3 is 0 Å². The fraction of sp³-hybridized carbons (Fsp3) is 0.0833. The number of carbonyl (C=O) groups excluding carboxylic acids is 1. The van der Waals surface area contributed by atoms with E-state index in [1.54, 1.807) is 19.1 Å². The predicted molar refractivity (Wildman–Crippen MR) is 68.9 cm³/mol. The van der Waals surface area contributed by atoms with Crippen LogP contribution < -0.4 is 0 Å². The molecular weight excluding hydrogens is 282 g/mol. The second kappa shape index (κ2) is 4.77. The van der Waals surface area contributed by atoms with E-state index in [4.69, 9.17) is 23.2 Å². The summed E-state index contributed by atoms with van der Waals surface area (Å²) < 4.78 is 14.5. The lowest BCUT2D eigenvalue weighted by Crippen LogP contribution is -2.04. The fourth-order valence-electron chi connectivity index (χ4n) is 1.46. The summed E-state index contributed by atoms with van der Waals surface area (Å²) in [6.45, 7) is 1.61. The molecular formula is C12H7Cl2FOS. The van der Waals surface area contributed by atoms with Crippen LogP contribution in [0.2, 0.25) is 8.67 Å². The number of ketones is 1. The molecule has 0 radical (unpaired) electrons. The number of thiophene rings is 1. The number of hydrogen-bond donors (Lipinski definition) is 0. The summed E-state index contributed by atoms with van der Waals surface area (Å²) in [5.74, 6) is -0.963. The van der Waals surface area contributed by atoms with Gasteiger partial charge in [0, 0.05) is 0 Å². The molecule has 1 nitrogen and oxygen atoms in total. The zero-order valence-corrected chi connectivity index (χ0v) is 11.1. The van der Waals surface area contributed by atoms with Crippen LogP contribution >= 0.6 is 34.5 Å². The van der Waals surface area contributed by atoms with Crippen LogP contribution in [0.15, 0.2) is 24.3 Å². The number of aryl methyl sites for hydroxylation is 1. The van der Waals surface area contributed by atoms with E-state index in [1.165, 1.54) is 12.1 Å². The summed E-state index contributed by atoms with van der Waals surface area (Å²) in [6, 6.07) is 6.13. The van der Waals surface area contributed by atoms with Gasteiger partial charge in [0.25, 0.3) is 0 Å². The Hall–Kier alpha value is -0.900. The van der Waals surface area contributed by atoms with Crippen molar-refractivity contribution in [1.29, 1.82) is 0 Å². The third-order valence-corrected chi connectivity index (χ3v) is 3.83. The molecule has 17 heavy (non-hydrogen) atoms. The Kier molecular flexibility index (Phi) is 3.52. The van der Waals surface area contributed by atoms with Crippen LogP contribution in [0, 0.1) is 12.7 Å². The van der Waals surface area contributed by atoms with Crippen LogP contribution in [-0.2, 0) is 0 Å². The van der Waals surface area contributed by atoms with Crippen molar-refractivity contribution < 1.29 is 9.18 Å². The van der Waals surface area contributed by atoms with Crippen molar-refractivity contribution in [2.75, 3.05) is 0 Å². The van der Waals surface area contributed by atoms with Gasteiger partial charge in [0.15, 0.2) is 5.78 Å². The molecule has 5 heteroatoms. The van der Waals surface area contributed by atoms with Gasteiger partial charge in [0.1, 0.15) is 10.2 Å². The molecule has 0 fully saturated rings. The van der Waals surface area contributed by atoms with Crippen LogP contribution in [0.25, 0.3) is 0 Å². The zero-order valence-electron chi connectivity index (χ0n) is 8.76. The maximum Gasteiger partial charge on any atom is 0.198 e. The van der Waals surface area contributed by atoms with Gasteiger partial charge in [0.2, 0.25) is 0 Å². The molecule has 2 aromatic rings. The Morgan fingerprint density at radius 3 is 2.59 bits per heavy atom. The maximum absolute atomic E-state index is 13.8. The quantitative estimate of drug-likeness (QED) is 0.730. The second-order valence-electron chi connectivity index (χ2n) is 3.50. The highest BCUT2D eigenvalue weighted by Gasteiger charge is 2.19. The minimum absolute atomic E-state index is 0.0152. The predicted octanol–water partition coefficient (Wildman–Crippen LogP) is 4.73. The molecule has 0 aliphatic carbocycles. The van der Waals surface area contributed by atoms with Crippen molar-refractivity contribution in [3.05, 3.63) is 55.4 Å². The Balaban J connectivity index is 2.51. The van der Waals surface area contributed by atoms with Gasteiger partial charge in [-0.05, 0) is 24.6 Å². The summed E-state index contributed by atoms with van der Waals surface area (Å²) in [6.07, 6.45) is 0. The molecule has 0 spiro atoms. The molecule has 0 unspecified atom stereocenters. The summed E-state index contributed by atoms with van der Waals surface area (Å²) in [5, 5.41) is 0. The van der Waals surface area contributed by atoms with Crippen molar-refractivity contribution in [2.24, 2.45) is 0 Å². The molecule has 0 N–H and O–H groups in total. The van der Waals surface area contributed by atoms with Crippen LogP contribution in [0.1, 0.15) is 21.5 Å². The van der Waals surface area contributed by atoms with Gasteiger partial charge in [-0.25, -0.2) is 4.39 Å². The normalized spacial score (nSPS) is 10.6. The Morgan fingerprint density at radius 1 is 1.29 bits per heavy atom. The number of hydrogen-bond acceptors (Lipinski definition) is 2. The first-order chi connectivity index (χ1) is 8.00. The highest BCUT2D eigenvalue weighted by molar-refractivity contribution is 7.20. The van der Waals surface area contributed by atoms with Gasteiger partial charge in [0.05, 0.1) is 15.5 Å². The molecule has 0 amide bonds. The lowest BCUT2D eigenvalue weighted by Gasteiger charge is -2.03. The van der Waals surface area contributed by atoms with Gasteiger partial charge in [-0.1, -0.05) is 35.3 Å². The van der Waals surface area contributed by atoms with Gasteiger partial charge in [-0.15, -0.1) is 11.3 Å². The van der Waals surface area contributed by atoms with Crippen molar-refractivity contribution in [2.45, 2.75) is 6.92 Å². The third-order valence-electron chi connectivity index (χ3n) is 2.34. The lowest BCUT2D eigenvalue weighted by atomic mass is 10.0. The molecule has 0 saturated heterocycles. The van der Waals surface area contributed by atoms with E-state index in [2.05, 4.69) is 0 Å². The molecule has 0 atom stereocenters. The van der Waals surface area contributed by atoms with E-state index in [0.717, 1.165) is 11.3 Å². The van der Waals surface area contributed by atoms with Gasteiger partial charge in [-0.2, -0.15) is 0 Å². The number of halogens is 3. The molecule has 1 aromatic heterocycles. The molecule has 0 saturated carbocycles. The average Bonchev–Trinajstić information content (AvgIpc) is 2.61. The number of benzene rings is 1. The first-order valence-electron chi connectivity index (χ1n) is 4.75. The van der Waals surface area contributed by atoms with Crippen LogP contribution in [0.5, 0.6) is 0 Å². The zero-order chi connectivity index (χ0) is 12.6. The molecule has 1 heterocycles. The fourth-order valence-corrected chi connectivity index (χ4v) is 2.92. The number of carbonyl (C=O) groups is 1. The molecule has 2 rings (SSSR count). The van der Waals surface area contributed by atoms with Crippen molar-refractivity contribution in [3.63, 3.8) is 0 Å². The standard InChI is InChI=1S/C12H7Cl2FOS/c1-6-3-2-4-7(10(6)15)11(16)8-5-9(13)17-12(8)14/h2-5H,1H3. The van der Waals surface area contributed by atoms with Crippen molar-refractivity contribution in [1.82, 2.24) is 0 Å². The topological polar surface area (TPSA) is 17.1 Å². The summed E-state index contributed by atoms with van der Waals surface area (Å²) in [5.41, 5.74) is 0.681. The minimum atomic E-state index is -0.518. The first-order valence-corrected chi connectivity index (χ1v) is 6.32. The third kappa shape index (κ3) is 2.37. The van der Waals surface area contributed by atoms with Crippen molar-refractivity contribution >= 4 is 40.3 Å². The van der Waals surface area contributed by atoms with Gasteiger partial charge >= 0.3 is 0 Å². The summed E-state index contributed by atoms with van der Waals surface area (Å²) in [7, 11) is 0. The summed E-state index contributed by atoms with van der Waals surface area (Å²) >= 11 is 12.7. The van der Waals surface area contributed by atoms with Crippen LogP contribution in [-0.4, -0.2) is 5.78 Å². The Labute approximate surface area is 112 Å². The van der Waals surface area contributed by atoms with E-state index in [9.17, 15) is 9.18 Å². The number of rotatable bonds is 2. The van der Waals surface area contributed by atoms with E-state index in [-0.39, 0.29) is 15.5 Å². The SMILES string of the molecule is Cc1cccc(C(=O)c2cc(Cl)sc2Cl)c1F. The molecule has 0 aliphatic rings. The second-order valence-corrected chi connectivity index (χ2v) is 5.79. The molecule has 0 bridgehead atoms. The van der Waals surface area contributed by atoms with Crippen LogP contribution in [0.4, 0.5) is 4.39 Å². The Morgan fingerprint density at radius 2 is 2.00 bits per heavy atom. The van der Waals surface area contributed by atoms with Gasteiger partial charge in [-0.3, -0.25) is 4.79 Å². The van der Waals surface area contributed by atoms with E-state index < -0.39 is 11.6 Å². The van der Waals surface area contributed by atoms with Crippen LogP contribution in [0.3, 0.4) is 0 Å². The lowest BCUT2D eigenvalue weighted by molar-refractivity contribution is 0.103. The minimum Gasteiger partial charge on any atom is -0.288 e.